The van der Waals surface area contributed by atoms with Gasteiger partial charge in [0.1, 0.15) is 0 Å². The molecule has 1 unspecified atom stereocenters. The van der Waals surface area contributed by atoms with E-state index in [0.29, 0.717) is 38.2 Å². The number of ether oxygens (including phenoxy) is 1. The first kappa shape index (κ1) is 15.5. The van der Waals surface area contributed by atoms with E-state index >= 15 is 0 Å². The smallest absolute Gasteiger partial charge is 0.253 e. The Bertz CT molecular complexity index is 490. The molecule has 0 N–H and O–H groups in total. The summed E-state index contributed by atoms with van der Waals surface area (Å²) >= 11 is 0. The molecule has 2 amide bonds. The molecule has 5 nitrogen and oxygen atoms in total. The molecule has 114 valence electrons. The zero-order valence-electron chi connectivity index (χ0n) is 12.6. The number of carbonyl (C=O) groups is 2. The second-order valence-electron chi connectivity index (χ2n) is 5.17. The molecule has 1 saturated heterocycles. The molecule has 0 aliphatic carbocycles. The van der Waals surface area contributed by atoms with Crippen molar-refractivity contribution in [3.05, 3.63) is 35.9 Å². The third-order valence-corrected chi connectivity index (χ3v) is 3.77. The molecule has 0 spiro atoms. The van der Waals surface area contributed by atoms with Crippen LogP contribution in [0.2, 0.25) is 0 Å². The minimum absolute atomic E-state index is 0.0142. The quantitative estimate of drug-likeness (QED) is 0.842. The number of piperazine rings is 1. The third-order valence-electron chi connectivity index (χ3n) is 3.77. The standard InChI is InChI=1S/C16H22N2O3/c1-3-15(19)18-10-9-17(11-14(18)12-21-2)16(20)13-7-5-4-6-8-13/h4-8,14H,3,9-12H2,1-2H3. The van der Waals surface area contributed by atoms with Gasteiger partial charge in [0.25, 0.3) is 5.91 Å². The van der Waals surface area contributed by atoms with Gasteiger partial charge in [-0.3, -0.25) is 9.59 Å². The Morgan fingerprint density at radius 2 is 1.95 bits per heavy atom. The Hall–Kier alpha value is -1.88. The number of hydrogen-bond acceptors (Lipinski definition) is 3. The monoisotopic (exact) mass is 290 g/mol. The molecule has 1 fully saturated rings. The molecular formula is C16H22N2O3. The Morgan fingerprint density at radius 3 is 2.57 bits per heavy atom. The van der Waals surface area contributed by atoms with Gasteiger partial charge in [-0.05, 0) is 12.1 Å². The van der Waals surface area contributed by atoms with E-state index in [4.69, 9.17) is 4.74 Å². The van der Waals surface area contributed by atoms with Crippen molar-refractivity contribution in [1.82, 2.24) is 9.80 Å². The molecule has 1 heterocycles. The fourth-order valence-corrected chi connectivity index (χ4v) is 2.67. The van der Waals surface area contributed by atoms with Gasteiger partial charge in [-0.25, -0.2) is 0 Å². The lowest BCUT2D eigenvalue weighted by atomic mass is 10.1. The first-order chi connectivity index (χ1) is 10.2. The summed E-state index contributed by atoms with van der Waals surface area (Å²) in [5.74, 6) is 0.129. The summed E-state index contributed by atoms with van der Waals surface area (Å²) in [6.07, 6.45) is 0.479. The van der Waals surface area contributed by atoms with Crippen molar-refractivity contribution in [3.8, 4) is 0 Å². The summed E-state index contributed by atoms with van der Waals surface area (Å²) in [6, 6.07) is 9.17. The average Bonchev–Trinajstić information content (AvgIpc) is 2.54. The van der Waals surface area contributed by atoms with Crippen LogP contribution in [0.3, 0.4) is 0 Å². The molecule has 1 aliphatic rings. The summed E-state index contributed by atoms with van der Waals surface area (Å²) in [5, 5.41) is 0. The van der Waals surface area contributed by atoms with Gasteiger partial charge in [-0.2, -0.15) is 0 Å². The lowest BCUT2D eigenvalue weighted by molar-refractivity contribution is -0.136. The van der Waals surface area contributed by atoms with E-state index in [1.165, 1.54) is 0 Å². The molecule has 0 aromatic heterocycles. The van der Waals surface area contributed by atoms with Gasteiger partial charge < -0.3 is 14.5 Å². The van der Waals surface area contributed by atoms with Crippen molar-refractivity contribution in [2.45, 2.75) is 19.4 Å². The fourth-order valence-electron chi connectivity index (χ4n) is 2.67. The molecule has 0 bridgehead atoms. The number of hydrogen-bond donors (Lipinski definition) is 0. The van der Waals surface area contributed by atoms with Crippen molar-refractivity contribution in [2.24, 2.45) is 0 Å². The van der Waals surface area contributed by atoms with Gasteiger partial charge >= 0.3 is 0 Å². The molecule has 1 aromatic rings. The van der Waals surface area contributed by atoms with Crippen LogP contribution in [0.15, 0.2) is 30.3 Å². The van der Waals surface area contributed by atoms with Crippen LogP contribution >= 0.6 is 0 Å². The molecule has 0 saturated carbocycles. The molecule has 5 heteroatoms. The topological polar surface area (TPSA) is 49.9 Å². The lowest BCUT2D eigenvalue weighted by Crippen LogP contribution is -2.58. The number of benzene rings is 1. The Kier molecular flexibility index (Phi) is 5.33. The molecule has 1 atom stereocenters. The van der Waals surface area contributed by atoms with E-state index in [2.05, 4.69) is 0 Å². The van der Waals surface area contributed by atoms with E-state index < -0.39 is 0 Å². The van der Waals surface area contributed by atoms with Crippen LogP contribution in [0.25, 0.3) is 0 Å². The first-order valence-electron chi connectivity index (χ1n) is 7.30. The van der Waals surface area contributed by atoms with E-state index in [9.17, 15) is 9.59 Å². The van der Waals surface area contributed by atoms with E-state index in [0.717, 1.165) is 0 Å². The largest absolute Gasteiger partial charge is 0.382 e. The van der Waals surface area contributed by atoms with Gasteiger partial charge in [-0.1, -0.05) is 25.1 Å². The van der Waals surface area contributed by atoms with Crippen LogP contribution in [0.5, 0.6) is 0 Å². The van der Waals surface area contributed by atoms with E-state index in [1.54, 1.807) is 12.0 Å². The highest BCUT2D eigenvalue weighted by molar-refractivity contribution is 5.94. The highest BCUT2D eigenvalue weighted by atomic mass is 16.5. The van der Waals surface area contributed by atoms with E-state index in [1.807, 2.05) is 42.2 Å². The zero-order chi connectivity index (χ0) is 15.2. The number of methoxy groups -OCH3 is 1. The van der Waals surface area contributed by atoms with Gasteiger partial charge in [0, 0.05) is 38.7 Å². The summed E-state index contributed by atoms with van der Waals surface area (Å²) in [6.45, 7) is 3.96. The van der Waals surface area contributed by atoms with Crippen molar-refractivity contribution in [2.75, 3.05) is 33.4 Å². The third kappa shape index (κ3) is 3.61. The zero-order valence-corrected chi connectivity index (χ0v) is 12.6. The van der Waals surface area contributed by atoms with Crippen LogP contribution in [0.1, 0.15) is 23.7 Å². The number of carbonyl (C=O) groups excluding carboxylic acids is 2. The number of rotatable bonds is 4. The maximum atomic E-state index is 12.5. The SMILES string of the molecule is CCC(=O)N1CCN(C(=O)c2ccccc2)CC1COC. The van der Waals surface area contributed by atoms with Gasteiger partial charge in [0.15, 0.2) is 0 Å². The fraction of sp³-hybridized carbons (Fsp3) is 0.500. The summed E-state index contributed by atoms with van der Waals surface area (Å²) < 4.78 is 5.21. The molecule has 21 heavy (non-hydrogen) atoms. The minimum atomic E-state index is -0.0659. The van der Waals surface area contributed by atoms with Gasteiger partial charge in [0.2, 0.25) is 5.91 Å². The Morgan fingerprint density at radius 1 is 1.24 bits per heavy atom. The van der Waals surface area contributed by atoms with Crippen molar-refractivity contribution in [3.63, 3.8) is 0 Å². The van der Waals surface area contributed by atoms with Crippen molar-refractivity contribution < 1.29 is 14.3 Å². The highest BCUT2D eigenvalue weighted by Gasteiger charge is 2.31. The van der Waals surface area contributed by atoms with Crippen LogP contribution in [-0.4, -0.2) is 61.0 Å². The second kappa shape index (κ2) is 7.22. The summed E-state index contributed by atoms with van der Waals surface area (Å²) in [5.41, 5.74) is 0.684. The molecular weight excluding hydrogens is 268 g/mol. The van der Waals surface area contributed by atoms with Crippen molar-refractivity contribution in [1.29, 1.82) is 0 Å². The van der Waals surface area contributed by atoms with Gasteiger partial charge in [-0.15, -0.1) is 0 Å². The summed E-state index contributed by atoms with van der Waals surface area (Å²) in [4.78, 5) is 28.1. The minimum Gasteiger partial charge on any atom is -0.382 e. The van der Waals surface area contributed by atoms with E-state index in [-0.39, 0.29) is 17.9 Å². The Labute approximate surface area is 125 Å². The molecule has 1 aliphatic heterocycles. The number of nitrogens with zero attached hydrogens (tertiary/aromatic N) is 2. The van der Waals surface area contributed by atoms with Crippen LogP contribution in [0, 0.1) is 0 Å². The lowest BCUT2D eigenvalue weighted by Gasteiger charge is -2.41. The molecule has 1 aromatic carbocycles. The first-order valence-corrected chi connectivity index (χ1v) is 7.30. The van der Waals surface area contributed by atoms with Crippen LogP contribution in [0.4, 0.5) is 0 Å². The van der Waals surface area contributed by atoms with Crippen molar-refractivity contribution >= 4 is 11.8 Å². The predicted octanol–water partition coefficient (Wildman–Crippen LogP) is 1.40. The second-order valence-corrected chi connectivity index (χ2v) is 5.17. The predicted molar refractivity (Wildman–Crippen MR) is 80.0 cm³/mol. The average molecular weight is 290 g/mol. The Balaban J connectivity index is 2.08. The molecule has 2 rings (SSSR count). The summed E-state index contributed by atoms with van der Waals surface area (Å²) in [7, 11) is 1.62. The van der Waals surface area contributed by atoms with Gasteiger partial charge in [0.05, 0.1) is 12.6 Å². The normalized spacial score (nSPS) is 18.7. The maximum absolute atomic E-state index is 12.5. The van der Waals surface area contributed by atoms with Crippen LogP contribution < -0.4 is 0 Å². The maximum Gasteiger partial charge on any atom is 0.253 e. The van der Waals surface area contributed by atoms with Crippen LogP contribution in [-0.2, 0) is 9.53 Å². The highest BCUT2D eigenvalue weighted by Crippen LogP contribution is 2.15. The number of amides is 2. The molecule has 0 radical (unpaired) electrons.